The average molecular weight is 755 g/mol. The van der Waals surface area contributed by atoms with Crippen LogP contribution in [0.3, 0.4) is 0 Å². The van der Waals surface area contributed by atoms with E-state index in [1.165, 1.54) is 60.5 Å². The van der Waals surface area contributed by atoms with Crippen molar-refractivity contribution in [3.8, 4) is 56.4 Å². The number of hydrogen-bond acceptors (Lipinski definition) is 2. The molecule has 0 fully saturated rings. The minimum atomic E-state index is -0.0902. The molecule has 0 saturated heterocycles. The van der Waals surface area contributed by atoms with Crippen LogP contribution in [0, 0.1) is 0 Å². The van der Waals surface area contributed by atoms with Gasteiger partial charge < -0.3 is 4.57 Å². The van der Waals surface area contributed by atoms with Crippen molar-refractivity contribution in [3.63, 3.8) is 0 Å². The highest BCUT2D eigenvalue weighted by Crippen LogP contribution is 2.49. The van der Waals surface area contributed by atoms with E-state index in [0.29, 0.717) is 5.82 Å². The normalized spacial score (nSPS) is 13.1. The molecule has 0 amide bonds. The number of aromatic nitrogens is 4. The van der Waals surface area contributed by atoms with E-state index in [0.717, 1.165) is 44.8 Å². The molecule has 8 aromatic carbocycles. The fraction of sp³-hybridized carbons (Fsp3) is 0.0545. The molecule has 3 aromatic heterocycles. The molecule has 0 spiro atoms. The number of para-hydroxylation sites is 2. The maximum Gasteiger partial charge on any atom is 0.162 e. The highest BCUT2D eigenvalue weighted by atomic mass is 15.1. The first-order chi connectivity index (χ1) is 29.0. The van der Waals surface area contributed by atoms with Crippen molar-refractivity contribution in [1.82, 2.24) is 19.1 Å². The van der Waals surface area contributed by atoms with Crippen molar-refractivity contribution >= 4 is 43.6 Å². The molecule has 0 radical (unpaired) electrons. The van der Waals surface area contributed by atoms with Crippen molar-refractivity contribution in [1.29, 1.82) is 0 Å². The molecule has 278 valence electrons. The van der Waals surface area contributed by atoms with Gasteiger partial charge in [0.25, 0.3) is 0 Å². The summed E-state index contributed by atoms with van der Waals surface area (Å²) in [6, 6.07) is 70.0. The predicted octanol–water partition coefficient (Wildman–Crippen LogP) is 14.0. The van der Waals surface area contributed by atoms with Crippen molar-refractivity contribution in [2.24, 2.45) is 0 Å². The van der Waals surface area contributed by atoms with E-state index in [-0.39, 0.29) is 5.41 Å². The second-order valence-corrected chi connectivity index (χ2v) is 16.2. The maximum atomic E-state index is 5.28. The van der Waals surface area contributed by atoms with Crippen molar-refractivity contribution < 1.29 is 0 Å². The van der Waals surface area contributed by atoms with Gasteiger partial charge in [0.05, 0.1) is 27.8 Å². The Kier molecular flexibility index (Phi) is 7.24. The molecule has 0 saturated carbocycles. The lowest BCUT2D eigenvalue weighted by molar-refractivity contribution is 0.660. The van der Waals surface area contributed by atoms with E-state index in [9.17, 15) is 0 Å². The fourth-order valence-electron chi connectivity index (χ4n) is 9.68. The lowest BCUT2D eigenvalue weighted by Gasteiger charge is -2.22. The Labute approximate surface area is 342 Å². The Bertz CT molecular complexity index is 3400. The van der Waals surface area contributed by atoms with Gasteiger partial charge in [0.2, 0.25) is 0 Å². The first-order valence-corrected chi connectivity index (χ1v) is 20.3. The molecule has 0 bridgehead atoms. The van der Waals surface area contributed by atoms with Gasteiger partial charge in [-0.15, -0.1) is 0 Å². The maximum absolute atomic E-state index is 5.28. The summed E-state index contributed by atoms with van der Waals surface area (Å²) in [5.74, 6) is 1.53. The second-order valence-electron chi connectivity index (χ2n) is 16.2. The Morgan fingerprint density at radius 2 is 0.915 bits per heavy atom. The predicted molar refractivity (Wildman–Crippen MR) is 245 cm³/mol. The van der Waals surface area contributed by atoms with Gasteiger partial charge in [-0.25, -0.2) is 9.97 Å². The van der Waals surface area contributed by atoms with Crippen LogP contribution in [0.4, 0.5) is 0 Å². The number of nitrogens with zero attached hydrogens (tertiary/aromatic N) is 4. The number of hydrogen-bond donors (Lipinski definition) is 0. The summed E-state index contributed by atoms with van der Waals surface area (Å²) in [6.45, 7) is 4.71. The Hall–Kier alpha value is -7.56. The lowest BCUT2D eigenvalue weighted by Crippen LogP contribution is -2.15. The van der Waals surface area contributed by atoms with E-state index < -0.39 is 0 Å². The minimum absolute atomic E-state index is 0.0902. The van der Waals surface area contributed by atoms with Crippen LogP contribution in [0.15, 0.2) is 194 Å². The molecular weight excluding hydrogens is 717 g/mol. The molecule has 12 rings (SSSR count). The molecule has 59 heavy (non-hydrogen) atoms. The standard InChI is InChI=1S/C55H38N4/c1-55(2)46-22-12-9-19-40(46)41-30-27-39(33-47(41)55)58-49-23-13-10-20-42(49)44-28-25-37(31-51(44)58)38-26-29-45-43-21-11-14-24-50(43)59(52(45)32-38)53-34-48(35-15-5-3-6-16-35)56-54(57-53)36-17-7-4-8-18-36/h3-34H,1-2H3. The first-order valence-electron chi connectivity index (χ1n) is 20.3. The molecular formula is C55H38N4. The molecule has 0 unspecified atom stereocenters. The summed E-state index contributed by atoms with van der Waals surface area (Å²) in [4.78, 5) is 10.4. The zero-order valence-corrected chi connectivity index (χ0v) is 32.8. The van der Waals surface area contributed by atoms with Crippen LogP contribution in [0.25, 0.3) is 100 Å². The highest BCUT2D eigenvalue weighted by Gasteiger charge is 2.35. The van der Waals surface area contributed by atoms with Crippen LogP contribution < -0.4 is 0 Å². The summed E-state index contributed by atoms with van der Waals surface area (Å²) < 4.78 is 4.77. The number of benzene rings is 8. The van der Waals surface area contributed by atoms with Crippen LogP contribution in [-0.4, -0.2) is 19.1 Å². The third-order valence-corrected chi connectivity index (χ3v) is 12.5. The van der Waals surface area contributed by atoms with Crippen LogP contribution in [0.2, 0.25) is 0 Å². The molecule has 3 heterocycles. The zero-order valence-electron chi connectivity index (χ0n) is 32.8. The van der Waals surface area contributed by atoms with Crippen LogP contribution in [-0.2, 0) is 5.41 Å². The van der Waals surface area contributed by atoms with E-state index in [2.05, 4.69) is 193 Å². The quantitative estimate of drug-likeness (QED) is 0.175. The summed E-state index contributed by atoms with van der Waals surface area (Å²) in [5, 5.41) is 4.86. The monoisotopic (exact) mass is 754 g/mol. The molecule has 0 N–H and O–H groups in total. The highest BCUT2D eigenvalue weighted by molar-refractivity contribution is 6.12. The average Bonchev–Trinajstić information content (AvgIpc) is 3.89. The topological polar surface area (TPSA) is 35.6 Å². The molecule has 0 aliphatic heterocycles. The van der Waals surface area contributed by atoms with Gasteiger partial charge in [-0.3, -0.25) is 4.57 Å². The molecule has 4 nitrogen and oxygen atoms in total. The van der Waals surface area contributed by atoms with E-state index in [4.69, 9.17) is 9.97 Å². The van der Waals surface area contributed by atoms with Gasteiger partial charge in [0.1, 0.15) is 5.82 Å². The van der Waals surface area contributed by atoms with Gasteiger partial charge in [0.15, 0.2) is 5.82 Å². The van der Waals surface area contributed by atoms with Crippen molar-refractivity contribution in [2.45, 2.75) is 19.3 Å². The summed E-state index contributed by atoms with van der Waals surface area (Å²) in [7, 11) is 0. The molecule has 1 aliphatic rings. The van der Waals surface area contributed by atoms with Gasteiger partial charge in [-0.2, -0.15) is 0 Å². The molecule has 0 atom stereocenters. The minimum Gasteiger partial charge on any atom is -0.309 e. The number of fused-ring (bicyclic) bond motifs is 9. The van der Waals surface area contributed by atoms with Gasteiger partial charge in [-0.1, -0.05) is 166 Å². The van der Waals surface area contributed by atoms with Gasteiger partial charge in [0, 0.05) is 49.8 Å². The third kappa shape index (κ3) is 5.09. The lowest BCUT2D eigenvalue weighted by atomic mass is 9.82. The summed E-state index contributed by atoms with van der Waals surface area (Å²) in [6.07, 6.45) is 0. The Morgan fingerprint density at radius 3 is 1.61 bits per heavy atom. The fourth-order valence-corrected chi connectivity index (χ4v) is 9.68. The second kappa shape index (κ2) is 12.7. The Morgan fingerprint density at radius 1 is 0.373 bits per heavy atom. The van der Waals surface area contributed by atoms with Crippen molar-refractivity contribution in [2.75, 3.05) is 0 Å². The molecule has 11 aromatic rings. The van der Waals surface area contributed by atoms with Gasteiger partial charge in [-0.05, 0) is 69.8 Å². The van der Waals surface area contributed by atoms with E-state index >= 15 is 0 Å². The van der Waals surface area contributed by atoms with Crippen LogP contribution >= 0.6 is 0 Å². The van der Waals surface area contributed by atoms with Crippen LogP contribution in [0.5, 0.6) is 0 Å². The third-order valence-electron chi connectivity index (χ3n) is 12.5. The Balaban J connectivity index is 1.06. The zero-order chi connectivity index (χ0) is 39.2. The molecule has 1 aliphatic carbocycles. The van der Waals surface area contributed by atoms with E-state index in [1.54, 1.807) is 0 Å². The summed E-state index contributed by atoms with van der Waals surface area (Å²) >= 11 is 0. The number of rotatable bonds is 5. The largest absolute Gasteiger partial charge is 0.309 e. The van der Waals surface area contributed by atoms with Gasteiger partial charge >= 0.3 is 0 Å². The first kappa shape index (κ1) is 33.6. The van der Waals surface area contributed by atoms with Crippen molar-refractivity contribution in [3.05, 3.63) is 205 Å². The summed E-state index contributed by atoms with van der Waals surface area (Å²) in [5.41, 5.74) is 16.3. The SMILES string of the molecule is CC1(C)c2ccccc2-c2ccc(-n3c4ccccc4c4ccc(-c5ccc6c7ccccc7n(-c7cc(-c8ccccc8)nc(-c8ccccc8)n7)c6c5)cc43)cc21. The smallest absolute Gasteiger partial charge is 0.162 e. The molecule has 4 heteroatoms. The van der Waals surface area contributed by atoms with Crippen LogP contribution in [0.1, 0.15) is 25.0 Å². The van der Waals surface area contributed by atoms with E-state index in [1.807, 2.05) is 24.3 Å².